The van der Waals surface area contributed by atoms with Crippen molar-refractivity contribution in [2.45, 2.75) is 184 Å². The third-order valence-corrected chi connectivity index (χ3v) is 17.8. The van der Waals surface area contributed by atoms with Crippen LogP contribution < -0.4 is 5.32 Å². The highest BCUT2D eigenvalue weighted by atomic mass is 35.5. The van der Waals surface area contributed by atoms with Crippen LogP contribution in [-0.2, 0) is 34.2 Å². The van der Waals surface area contributed by atoms with Gasteiger partial charge in [0.2, 0.25) is 5.91 Å². The molecule has 5 fully saturated rings. The van der Waals surface area contributed by atoms with Gasteiger partial charge in [-0.2, -0.15) is 0 Å². The van der Waals surface area contributed by atoms with Crippen molar-refractivity contribution >= 4 is 35.2 Å². The minimum atomic E-state index is -0.983. The molecule has 8 atom stereocenters. The summed E-state index contributed by atoms with van der Waals surface area (Å²) in [6, 6.07) is 7.83. The fourth-order valence-corrected chi connectivity index (χ4v) is 14.4. The first-order valence-electron chi connectivity index (χ1n) is 23.1. The Kier molecular flexibility index (Phi) is 11.2. The molecular weight excluding hydrogens is 770 g/mol. The molecule has 7 rings (SSSR count). The zero-order valence-electron chi connectivity index (χ0n) is 39.1. The molecule has 0 spiro atoms. The van der Waals surface area contributed by atoms with Gasteiger partial charge in [0.15, 0.2) is 5.78 Å². The molecule has 0 aliphatic heterocycles. The van der Waals surface area contributed by atoms with Gasteiger partial charge in [0.25, 0.3) is 0 Å². The molecule has 60 heavy (non-hydrogen) atoms. The molecule has 8 heteroatoms. The predicted molar refractivity (Wildman–Crippen MR) is 238 cm³/mol. The first-order chi connectivity index (χ1) is 27.6. The summed E-state index contributed by atoms with van der Waals surface area (Å²) >= 11 is 6.36. The van der Waals surface area contributed by atoms with Gasteiger partial charge in [-0.1, -0.05) is 78.3 Å². The summed E-state index contributed by atoms with van der Waals surface area (Å²) in [5.74, 6) is 0.736. The normalized spacial score (nSPS) is 35.8. The number of benzene rings is 1. The summed E-state index contributed by atoms with van der Waals surface area (Å²) in [6.07, 6.45) is 12.2. The van der Waals surface area contributed by atoms with Crippen LogP contribution in [0, 0.1) is 56.2 Å². The molecule has 0 saturated heterocycles. The molecule has 7 nitrogen and oxygen atoms in total. The van der Waals surface area contributed by atoms with Gasteiger partial charge in [0.05, 0.1) is 17.4 Å². The monoisotopic (exact) mass is 844 g/mol. The Balaban J connectivity index is 1.13. The van der Waals surface area contributed by atoms with E-state index in [0.717, 1.165) is 75.3 Å². The van der Waals surface area contributed by atoms with Crippen molar-refractivity contribution in [1.82, 2.24) is 5.32 Å². The van der Waals surface area contributed by atoms with E-state index >= 15 is 0 Å². The molecule has 0 heterocycles. The van der Waals surface area contributed by atoms with Crippen LogP contribution in [0.1, 0.15) is 173 Å². The zero-order chi connectivity index (χ0) is 44.2. The Morgan fingerprint density at radius 1 is 0.883 bits per heavy atom. The highest BCUT2D eigenvalue weighted by Gasteiger charge is 2.70. The number of esters is 2. The summed E-state index contributed by atoms with van der Waals surface area (Å²) in [7, 11) is 0. The van der Waals surface area contributed by atoms with E-state index in [1.165, 1.54) is 5.57 Å². The number of rotatable bonds is 9. The maximum atomic E-state index is 14.3. The average molecular weight is 845 g/mol. The molecule has 1 aromatic rings. The number of nitrogens with one attached hydrogen (secondary N) is 1. The quantitative estimate of drug-likeness (QED) is 0.196. The molecular formula is C52H74ClNO6. The third kappa shape index (κ3) is 7.34. The second-order valence-electron chi connectivity index (χ2n) is 23.6. The van der Waals surface area contributed by atoms with E-state index in [9.17, 15) is 19.2 Å². The minimum absolute atomic E-state index is 0.0111. The van der Waals surface area contributed by atoms with Crippen LogP contribution in [-0.4, -0.2) is 35.3 Å². The zero-order valence-corrected chi connectivity index (χ0v) is 39.8. The SMILES string of the molecule is C/C(=C\[C@@]12CC[C@]3(C)[C@H](CC[C@@H]4[C@@]5(C)CC[C@H](OC(=O)CC(C)(C)C(=O)OC(C)(C)C)C(C)(C)[C@@H]5CC[C@]43C)C1=C(C(C)C)C(=O)C2)C(=O)NC1(c2cccc(Cl)c2)CC1. The maximum absolute atomic E-state index is 14.3. The van der Waals surface area contributed by atoms with E-state index in [0.29, 0.717) is 28.9 Å². The van der Waals surface area contributed by atoms with Crippen molar-refractivity contribution in [3.05, 3.63) is 57.6 Å². The van der Waals surface area contributed by atoms with Gasteiger partial charge in [-0.3, -0.25) is 19.2 Å². The van der Waals surface area contributed by atoms with Crippen molar-refractivity contribution in [2.24, 2.45) is 56.2 Å². The number of amides is 1. The number of allylic oxidation sites excluding steroid dienone is 3. The molecule has 1 aromatic carbocycles. The molecule has 0 unspecified atom stereocenters. The molecule has 0 radical (unpaired) electrons. The van der Waals surface area contributed by atoms with Gasteiger partial charge >= 0.3 is 11.9 Å². The number of hydrogen-bond acceptors (Lipinski definition) is 6. The Hall–Kier alpha value is -2.93. The molecule has 1 N–H and O–H groups in total. The number of carbonyl (C=O) groups excluding carboxylic acids is 4. The molecule has 5 saturated carbocycles. The van der Waals surface area contributed by atoms with Crippen LogP contribution >= 0.6 is 11.6 Å². The fourth-order valence-electron chi connectivity index (χ4n) is 14.3. The van der Waals surface area contributed by atoms with Crippen LogP contribution in [0.25, 0.3) is 0 Å². The van der Waals surface area contributed by atoms with E-state index < -0.39 is 16.4 Å². The second-order valence-corrected chi connectivity index (χ2v) is 24.1. The lowest BCUT2D eigenvalue weighted by molar-refractivity contribution is -0.232. The first-order valence-corrected chi connectivity index (χ1v) is 23.5. The van der Waals surface area contributed by atoms with Crippen molar-refractivity contribution in [1.29, 1.82) is 0 Å². The number of ketones is 1. The summed E-state index contributed by atoms with van der Waals surface area (Å²) in [6.45, 7) is 27.7. The van der Waals surface area contributed by atoms with Crippen LogP contribution in [0.15, 0.2) is 47.1 Å². The summed E-state index contributed by atoms with van der Waals surface area (Å²) < 4.78 is 12.0. The van der Waals surface area contributed by atoms with E-state index in [1.807, 2.05) is 52.0 Å². The lowest BCUT2D eigenvalue weighted by Crippen LogP contribution is -2.65. The van der Waals surface area contributed by atoms with E-state index in [2.05, 4.69) is 59.9 Å². The van der Waals surface area contributed by atoms with Gasteiger partial charge < -0.3 is 14.8 Å². The molecule has 0 bridgehead atoms. The van der Waals surface area contributed by atoms with Gasteiger partial charge in [0.1, 0.15) is 11.7 Å². The topological polar surface area (TPSA) is 98.8 Å². The number of hydrogen-bond donors (Lipinski definition) is 1. The van der Waals surface area contributed by atoms with Crippen molar-refractivity contribution in [3.63, 3.8) is 0 Å². The minimum Gasteiger partial charge on any atom is -0.462 e. The molecule has 0 aromatic heterocycles. The smallest absolute Gasteiger partial charge is 0.312 e. The largest absolute Gasteiger partial charge is 0.462 e. The Morgan fingerprint density at radius 2 is 1.57 bits per heavy atom. The van der Waals surface area contributed by atoms with Crippen molar-refractivity contribution in [2.75, 3.05) is 0 Å². The number of Topliss-reactive ketones (excluding diaryl/α,β-unsaturated/α-hetero) is 1. The number of ether oxygens (including phenoxy) is 2. The van der Waals surface area contributed by atoms with Gasteiger partial charge in [0, 0.05) is 27.8 Å². The lowest BCUT2D eigenvalue weighted by Gasteiger charge is -2.72. The van der Waals surface area contributed by atoms with Crippen LogP contribution in [0.4, 0.5) is 0 Å². The Bertz CT molecular complexity index is 2010. The third-order valence-electron chi connectivity index (χ3n) is 17.6. The number of fused-ring (bicyclic) bond motifs is 7. The van der Waals surface area contributed by atoms with Crippen LogP contribution in [0.2, 0.25) is 5.02 Å². The molecule has 330 valence electrons. The number of carbonyl (C=O) groups is 4. The Morgan fingerprint density at radius 3 is 2.18 bits per heavy atom. The molecule has 6 aliphatic carbocycles. The summed E-state index contributed by atoms with van der Waals surface area (Å²) in [4.78, 5) is 54.9. The van der Waals surface area contributed by atoms with Crippen LogP contribution in [0.5, 0.6) is 0 Å². The molecule has 6 aliphatic rings. The van der Waals surface area contributed by atoms with Gasteiger partial charge in [-0.25, -0.2) is 0 Å². The molecule has 1 amide bonds. The van der Waals surface area contributed by atoms with Gasteiger partial charge in [-0.15, -0.1) is 0 Å². The summed E-state index contributed by atoms with van der Waals surface area (Å²) in [5, 5.41) is 4.06. The highest BCUT2D eigenvalue weighted by Crippen LogP contribution is 2.77. The average Bonchev–Trinajstić information content (AvgIpc) is 3.84. The predicted octanol–water partition coefficient (Wildman–Crippen LogP) is 12.0. The van der Waals surface area contributed by atoms with Crippen LogP contribution in [0.3, 0.4) is 0 Å². The maximum Gasteiger partial charge on any atom is 0.312 e. The number of halogens is 1. The second kappa shape index (κ2) is 14.8. The van der Waals surface area contributed by atoms with E-state index in [4.69, 9.17) is 21.1 Å². The Labute approximate surface area is 366 Å². The lowest BCUT2D eigenvalue weighted by atomic mass is 9.33. The standard InChI is InChI=1S/C52H74ClNO6/c1-31(2)41-36(55)29-51(28-32(3)43(57)54-52(25-26-52)33-15-14-16-34(53)27-33)24-23-49(12)35(42(41)51)17-18-38-48(11)21-20-39(47(9,10)37(48)19-22-50(38,49)13)59-40(56)30-46(7,8)44(58)60-45(4,5)6/h14-16,27-28,31,35,37-39H,17-26,29-30H2,1-13H3,(H,54,57)/b32-28+/t35-,37+,38-,39+,48+,49-,50-,51-/m1/s1. The van der Waals surface area contributed by atoms with E-state index in [1.54, 1.807) is 13.8 Å². The summed E-state index contributed by atoms with van der Waals surface area (Å²) in [5.41, 5.74) is 1.54. The van der Waals surface area contributed by atoms with E-state index in [-0.39, 0.29) is 75.2 Å². The van der Waals surface area contributed by atoms with Crippen molar-refractivity contribution < 1.29 is 28.7 Å². The van der Waals surface area contributed by atoms with Gasteiger partial charge in [-0.05, 0) is 175 Å². The fraction of sp³-hybridized carbons (Fsp3) is 0.731. The first kappa shape index (κ1) is 45.1. The van der Waals surface area contributed by atoms with Crippen molar-refractivity contribution in [3.8, 4) is 0 Å². The highest BCUT2D eigenvalue weighted by molar-refractivity contribution is 6.30.